The van der Waals surface area contributed by atoms with E-state index >= 15 is 0 Å². The zero-order chi connectivity index (χ0) is 18.8. The van der Waals surface area contributed by atoms with E-state index in [9.17, 15) is 4.21 Å². The van der Waals surface area contributed by atoms with Crippen LogP contribution in [0, 0.1) is 5.92 Å². The van der Waals surface area contributed by atoms with Crippen molar-refractivity contribution in [2.24, 2.45) is 10.9 Å². The van der Waals surface area contributed by atoms with Gasteiger partial charge in [0.1, 0.15) is 0 Å². The van der Waals surface area contributed by atoms with Gasteiger partial charge < -0.3 is 15.5 Å². The average molecular weight is 373 g/mol. The summed E-state index contributed by atoms with van der Waals surface area (Å²) >= 11 is 0. The minimum atomic E-state index is -0.684. The van der Waals surface area contributed by atoms with E-state index in [1.54, 1.807) is 0 Å². The highest BCUT2D eigenvalue weighted by atomic mass is 32.2. The second-order valence-corrected chi connectivity index (χ2v) is 9.37. The number of aliphatic imine (C=N–C) groups is 1. The van der Waals surface area contributed by atoms with Gasteiger partial charge in [0, 0.05) is 47.5 Å². The Labute approximate surface area is 157 Å². The first-order valence-corrected chi connectivity index (χ1v) is 11.4. The summed E-state index contributed by atoms with van der Waals surface area (Å²) in [6.45, 7) is 7.46. The van der Waals surface area contributed by atoms with Crippen molar-refractivity contribution in [1.29, 1.82) is 0 Å². The lowest BCUT2D eigenvalue weighted by atomic mass is 9.93. The predicted molar refractivity (Wildman–Crippen MR) is 111 cm³/mol. The Hall–Kier alpha value is -0.620. The van der Waals surface area contributed by atoms with Crippen molar-refractivity contribution in [3.63, 3.8) is 0 Å². The zero-order valence-corrected chi connectivity index (χ0v) is 18.0. The van der Waals surface area contributed by atoms with E-state index in [0.717, 1.165) is 43.9 Å². The van der Waals surface area contributed by atoms with Gasteiger partial charge >= 0.3 is 0 Å². The highest BCUT2D eigenvalue weighted by molar-refractivity contribution is 7.85. The Balaban J connectivity index is 2.57. The minimum Gasteiger partial charge on any atom is -0.355 e. The molecule has 4 atom stereocenters. The highest BCUT2D eigenvalue weighted by Crippen LogP contribution is 2.23. The maximum atomic E-state index is 12.1. The second kappa shape index (κ2) is 11.9. The van der Waals surface area contributed by atoms with Crippen molar-refractivity contribution >= 4 is 16.8 Å². The molecule has 0 aromatic heterocycles. The molecule has 1 aliphatic rings. The number of nitrogens with one attached hydrogen (secondary N) is 2. The predicted octanol–water partition coefficient (Wildman–Crippen LogP) is 2.60. The van der Waals surface area contributed by atoms with Gasteiger partial charge in [-0.15, -0.1) is 0 Å². The van der Waals surface area contributed by atoms with Crippen LogP contribution in [0.1, 0.15) is 59.3 Å². The molecule has 1 aliphatic carbocycles. The Morgan fingerprint density at radius 1 is 1.24 bits per heavy atom. The summed E-state index contributed by atoms with van der Waals surface area (Å²) in [5.41, 5.74) is 0. The SMILES string of the molecule is CCC(CC)C(CNC(=NC)NC1CCCC(S(=O)CC)C1)N(C)C. The average Bonchev–Trinajstić information content (AvgIpc) is 2.63. The molecule has 0 aromatic rings. The van der Waals surface area contributed by atoms with E-state index < -0.39 is 10.8 Å². The van der Waals surface area contributed by atoms with Gasteiger partial charge in [0.15, 0.2) is 5.96 Å². The molecule has 1 rings (SSSR count). The van der Waals surface area contributed by atoms with Crippen molar-refractivity contribution < 1.29 is 4.21 Å². The summed E-state index contributed by atoms with van der Waals surface area (Å²) in [6, 6.07) is 0.881. The number of rotatable bonds is 9. The molecule has 0 radical (unpaired) electrons. The largest absolute Gasteiger partial charge is 0.355 e. The number of nitrogens with zero attached hydrogens (tertiary/aromatic N) is 2. The molecule has 5 nitrogen and oxygen atoms in total. The summed E-state index contributed by atoms with van der Waals surface area (Å²) in [5, 5.41) is 7.44. The van der Waals surface area contributed by atoms with Crippen LogP contribution in [0.25, 0.3) is 0 Å². The van der Waals surface area contributed by atoms with E-state index in [0.29, 0.717) is 23.3 Å². The van der Waals surface area contributed by atoms with Gasteiger partial charge in [-0.05, 0) is 39.3 Å². The molecule has 0 heterocycles. The zero-order valence-electron chi connectivity index (χ0n) is 17.2. The summed E-state index contributed by atoms with van der Waals surface area (Å²) in [7, 11) is 5.47. The minimum absolute atomic E-state index is 0.341. The molecule has 0 aliphatic heterocycles. The third-order valence-corrected chi connectivity index (χ3v) is 7.32. The van der Waals surface area contributed by atoms with Crippen molar-refractivity contribution in [1.82, 2.24) is 15.5 Å². The molecule has 1 fully saturated rings. The van der Waals surface area contributed by atoms with Crippen LogP contribution in [0.3, 0.4) is 0 Å². The van der Waals surface area contributed by atoms with Crippen molar-refractivity contribution in [3.05, 3.63) is 0 Å². The topological polar surface area (TPSA) is 56.7 Å². The maximum absolute atomic E-state index is 12.1. The first kappa shape index (κ1) is 22.4. The fraction of sp³-hybridized carbons (Fsp3) is 0.947. The first-order chi connectivity index (χ1) is 12.0. The number of likely N-dealkylation sites (N-methyl/N-ethyl adjacent to an activating group) is 1. The molecule has 25 heavy (non-hydrogen) atoms. The molecular formula is C19H40N4OS. The van der Waals surface area contributed by atoms with Crippen LogP contribution in [-0.2, 0) is 10.8 Å². The van der Waals surface area contributed by atoms with E-state index in [-0.39, 0.29) is 0 Å². The van der Waals surface area contributed by atoms with Gasteiger partial charge in [0.25, 0.3) is 0 Å². The van der Waals surface area contributed by atoms with Gasteiger partial charge in [0.2, 0.25) is 0 Å². The van der Waals surface area contributed by atoms with E-state index in [4.69, 9.17) is 0 Å². The van der Waals surface area contributed by atoms with Crippen LogP contribution < -0.4 is 10.6 Å². The van der Waals surface area contributed by atoms with Crippen molar-refractivity contribution in [2.45, 2.75) is 76.6 Å². The van der Waals surface area contributed by atoms with E-state index in [1.165, 1.54) is 12.8 Å². The Morgan fingerprint density at radius 3 is 2.44 bits per heavy atom. The number of guanidine groups is 1. The Morgan fingerprint density at radius 2 is 1.92 bits per heavy atom. The lowest BCUT2D eigenvalue weighted by molar-refractivity contribution is 0.200. The van der Waals surface area contributed by atoms with Crippen molar-refractivity contribution in [2.75, 3.05) is 33.4 Å². The third kappa shape index (κ3) is 7.26. The lowest BCUT2D eigenvalue weighted by Crippen LogP contribution is -2.51. The molecule has 0 bridgehead atoms. The molecule has 0 spiro atoms. The fourth-order valence-electron chi connectivity index (χ4n) is 3.94. The van der Waals surface area contributed by atoms with Crippen LogP contribution >= 0.6 is 0 Å². The Bertz CT molecular complexity index is 424. The molecule has 148 valence electrons. The van der Waals surface area contributed by atoms with Crippen molar-refractivity contribution in [3.8, 4) is 0 Å². The molecular weight excluding hydrogens is 332 g/mol. The Kier molecular flexibility index (Phi) is 10.7. The fourth-order valence-corrected chi connectivity index (χ4v) is 5.29. The monoisotopic (exact) mass is 372 g/mol. The summed E-state index contributed by atoms with van der Waals surface area (Å²) in [6.07, 6.45) is 6.77. The van der Waals surface area contributed by atoms with Crippen LogP contribution in [0.4, 0.5) is 0 Å². The van der Waals surface area contributed by atoms with Gasteiger partial charge in [-0.25, -0.2) is 0 Å². The standard InChI is InChI=1S/C19H40N4OS/c1-7-15(8-2)18(23(5)6)14-21-19(20-4)22-16-11-10-12-17(13-16)25(24)9-3/h15-18H,7-14H2,1-6H3,(H2,20,21,22). The van der Waals surface area contributed by atoms with Crippen LogP contribution in [0.2, 0.25) is 0 Å². The van der Waals surface area contributed by atoms with Crippen LogP contribution in [-0.4, -0.2) is 65.8 Å². The molecule has 6 heteroatoms. The molecule has 0 aromatic carbocycles. The highest BCUT2D eigenvalue weighted by Gasteiger charge is 2.26. The van der Waals surface area contributed by atoms with Crippen LogP contribution in [0.5, 0.6) is 0 Å². The van der Waals surface area contributed by atoms with Gasteiger partial charge in [-0.1, -0.05) is 40.0 Å². The summed E-state index contributed by atoms with van der Waals surface area (Å²) in [5.74, 6) is 2.34. The normalized spacial score (nSPS) is 24.4. The smallest absolute Gasteiger partial charge is 0.191 e. The quantitative estimate of drug-likeness (QED) is 0.482. The summed E-state index contributed by atoms with van der Waals surface area (Å²) in [4.78, 5) is 6.73. The number of hydrogen-bond acceptors (Lipinski definition) is 3. The molecule has 2 N–H and O–H groups in total. The van der Waals surface area contributed by atoms with E-state index in [2.05, 4.69) is 48.5 Å². The molecule has 1 saturated carbocycles. The van der Waals surface area contributed by atoms with Crippen LogP contribution in [0.15, 0.2) is 4.99 Å². The van der Waals surface area contributed by atoms with Gasteiger partial charge in [-0.3, -0.25) is 9.20 Å². The molecule has 0 saturated heterocycles. The maximum Gasteiger partial charge on any atom is 0.191 e. The first-order valence-electron chi connectivity index (χ1n) is 9.97. The van der Waals surface area contributed by atoms with Gasteiger partial charge in [-0.2, -0.15) is 0 Å². The summed E-state index contributed by atoms with van der Waals surface area (Å²) < 4.78 is 12.1. The molecule has 0 amide bonds. The lowest BCUT2D eigenvalue weighted by Gasteiger charge is -2.33. The second-order valence-electron chi connectivity index (χ2n) is 7.36. The van der Waals surface area contributed by atoms with E-state index in [1.807, 2.05) is 14.0 Å². The van der Waals surface area contributed by atoms with Gasteiger partial charge in [0.05, 0.1) is 0 Å². The number of hydrogen-bond donors (Lipinski definition) is 2. The molecule has 4 unspecified atom stereocenters. The third-order valence-electron chi connectivity index (χ3n) is 5.58.